The SMILES string of the molecule is CCCCCn1c(=O)c2sccc2n2c(CCC(=O)NCc3ccc(Cl)cc3)nnc12. The second-order valence-electron chi connectivity index (χ2n) is 7.45. The Morgan fingerprint density at radius 3 is 2.74 bits per heavy atom. The number of nitrogens with one attached hydrogen (secondary N) is 1. The highest BCUT2D eigenvalue weighted by atomic mass is 35.5. The number of amides is 1. The number of fused-ring (bicyclic) bond motifs is 3. The molecule has 162 valence electrons. The highest BCUT2D eigenvalue weighted by molar-refractivity contribution is 7.17. The molecule has 0 aliphatic carbocycles. The molecule has 0 fully saturated rings. The fourth-order valence-electron chi connectivity index (χ4n) is 3.58. The second kappa shape index (κ2) is 9.62. The first-order valence-electron chi connectivity index (χ1n) is 10.4. The van der Waals surface area contributed by atoms with Gasteiger partial charge in [-0.15, -0.1) is 21.5 Å². The third kappa shape index (κ3) is 4.65. The van der Waals surface area contributed by atoms with E-state index in [-0.39, 0.29) is 17.9 Å². The van der Waals surface area contributed by atoms with E-state index in [4.69, 9.17) is 11.6 Å². The maximum atomic E-state index is 12.9. The van der Waals surface area contributed by atoms with Crippen molar-refractivity contribution in [2.45, 2.75) is 52.1 Å². The summed E-state index contributed by atoms with van der Waals surface area (Å²) in [5.74, 6) is 1.16. The van der Waals surface area contributed by atoms with Crippen LogP contribution in [0.4, 0.5) is 0 Å². The number of unbranched alkanes of at least 4 members (excludes halogenated alkanes) is 2. The van der Waals surface area contributed by atoms with Crippen molar-refractivity contribution in [2.75, 3.05) is 0 Å². The van der Waals surface area contributed by atoms with E-state index in [1.165, 1.54) is 11.3 Å². The summed E-state index contributed by atoms with van der Waals surface area (Å²) in [7, 11) is 0. The molecular weight excluding hydrogens is 434 g/mol. The fourth-order valence-corrected chi connectivity index (χ4v) is 4.53. The van der Waals surface area contributed by atoms with Gasteiger partial charge in [-0.1, -0.05) is 43.5 Å². The summed E-state index contributed by atoms with van der Waals surface area (Å²) >= 11 is 7.32. The van der Waals surface area contributed by atoms with Gasteiger partial charge >= 0.3 is 0 Å². The van der Waals surface area contributed by atoms with Crippen molar-refractivity contribution in [3.05, 3.63) is 62.5 Å². The minimum Gasteiger partial charge on any atom is -0.352 e. The fraction of sp³-hybridized carbons (Fsp3) is 0.364. The van der Waals surface area contributed by atoms with Crippen LogP contribution in [0.1, 0.15) is 44.0 Å². The Morgan fingerprint density at radius 2 is 1.97 bits per heavy atom. The predicted octanol–water partition coefficient (Wildman–Crippen LogP) is 4.20. The van der Waals surface area contributed by atoms with Gasteiger partial charge in [-0.05, 0) is 35.6 Å². The molecule has 9 heteroatoms. The zero-order valence-electron chi connectivity index (χ0n) is 17.3. The van der Waals surface area contributed by atoms with Crippen LogP contribution < -0.4 is 10.9 Å². The summed E-state index contributed by atoms with van der Waals surface area (Å²) in [6.45, 7) is 3.19. The first-order valence-corrected chi connectivity index (χ1v) is 11.7. The number of rotatable bonds is 9. The Bertz CT molecular complexity index is 1260. The Labute approximate surface area is 188 Å². The van der Waals surface area contributed by atoms with Gasteiger partial charge in [0.15, 0.2) is 0 Å². The zero-order valence-corrected chi connectivity index (χ0v) is 18.9. The molecule has 31 heavy (non-hydrogen) atoms. The van der Waals surface area contributed by atoms with Gasteiger partial charge in [-0.25, -0.2) is 0 Å². The standard InChI is InChI=1S/C22H24ClN5O2S/c1-2-3-4-12-27-21(30)20-17(11-13-31-20)28-18(25-26-22(27)28)9-10-19(29)24-14-15-5-7-16(23)8-6-15/h5-8,11,13H,2-4,9-10,12,14H2,1H3,(H,24,29). The van der Waals surface area contributed by atoms with Gasteiger partial charge in [-0.3, -0.25) is 18.6 Å². The molecule has 0 unspecified atom stereocenters. The third-order valence-electron chi connectivity index (χ3n) is 5.24. The van der Waals surface area contributed by atoms with Crippen molar-refractivity contribution in [1.29, 1.82) is 0 Å². The summed E-state index contributed by atoms with van der Waals surface area (Å²) < 4.78 is 4.33. The van der Waals surface area contributed by atoms with Crippen molar-refractivity contribution in [3.63, 3.8) is 0 Å². The average Bonchev–Trinajstić information content (AvgIpc) is 3.41. The lowest BCUT2D eigenvalue weighted by Crippen LogP contribution is -2.24. The maximum Gasteiger partial charge on any atom is 0.272 e. The van der Waals surface area contributed by atoms with Crippen LogP contribution in [0.25, 0.3) is 16.0 Å². The van der Waals surface area contributed by atoms with Gasteiger partial charge in [-0.2, -0.15) is 0 Å². The molecule has 0 radical (unpaired) electrons. The van der Waals surface area contributed by atoms with E-state index in [9.17, 15) is 9.59 Å². The topological polar surface area (TPSA) is 81.3 Å². The quantitative estimate of drug-likeness (QED) is 0.382. The Morgan fingerprint density at radius 1 is 1.16 bits per heavy atom. The lowest BCUT2D eigenvalue weighted by atomic mass is 10.2. The average molecular weight is 458 g/mol. The number of aromatic nitrogens is 4. The molecule has 1 aromatic carbocycles. The number of halogens is 1. The molecule has 4 rings (SSSR count). The van der Waals surface area contributed by atoms with Gasteiger partial charge in [0.25, 0.3) is 5.56 Å². The van der Waals surface area contributed by atoms with E-state index in [1.54, 1.807) is 16.7 Å². The smallest absolute Gasteiger partial charge is 0.272 e. The molecule has 0 saturated carbocycles. The number of benzene rings is 1. The van der Waals surface area contributed by atoms with Crippen LogP contribution in [0.5, 0.6) is 0 Å². The van der Waals surface area contributed by atoms with Crippen LogP contribution in [0.2, 0.25) is 5.02 Å². The van der Waals surface area contributed by atoms with Gasteiger partial charge in [0, 0.05) is 31.0 Å². The molecule has 0 spiro atoms. The maximum absolute atomic E-state index is 12.9. The molecule has 3 heterocycles. The van der Waals surface area contributed by atoms with Gasteiger partial charge in [0.2, 0.25) is 11.7 Å². The summed E-state index contributed by atoms with van der Waals surface area (Å²) in [5, 5.41) is 14.1. The highest BCUT2D eigenvalue weighted by Gasteiger charge is 2.17. The third-order valence-corrected chi connectivity index (χ3v) is 6.39. The Balaban J connectivity index is 1.52. The molecule has 4 aromatic rings. The van der Waals surface area contributed by atoms with E-state index in [0.29, 0.717) is 40.8 Å². The van der Waals surface area contributed by atoms with Gasteiger partial charge in [0.05, 0.1) is 5.52 Å². The zero-order chi connectivity index (χ0) is 21.8. The first kappa shape index (κ1) is 21.5. The van der Waals surface area contributed by atoms with Gasteiger partial charge in [0.1, 0.15) is 10.5 Å². The molecular formula is C22H24ClN5O2S. The van der Waals surface area contributed by atoms with E-state index >= 15 is 0 Å². The number of nitrogens with zero attached hydrogens (tertiary/aromatic N) is 4. The summed E-state index contributed by atoms with van der Waals surface area (Å²) in [6.07, 6.45) is 3.77. The Kier molecular flexibility index (Phi) is 6.67. The second-order valence-corrected chi connectivity index (χ2v) is 8.81. The van der Waals surface area contributed by atoms with Crippen LogP contribution in [0.15, 0.2) is 40.5 Å². The number of carbonyl (C=O) groups excluding carboxylic acids is 1. The van der Waals surface area contributed by atoms with Crippen molar-refractivity contribution < 1.29 is 4.79 Å². The van der Waals surface area contributed by atoms with Crippen LogP contribution >= 0.6 is 22.9 Å². The first-order chi connectivity index (χ1) is 15.1. The summed E-state index contributed by atoms with van der Waals surface area (Å²) in [4.78, 5) is 25.3. The number of thiophene rings is 1. The van der Waals surface area contributed by atoms with Crippen molar-refractivity contribution in [3.8, 4) is 0 Å². The minimum atomic E-state index is -0.0653. The molecule has 7 nitrogen and oxygen atoms in total. The molecule has 3 aromatic heterocycles. The lowest BCUT2D eigenvalue weighted by Gasteiger charge is -2.09. The lowest BCUT2D eigenvalue weighted by molar-refractivity contribution is -0.121. The normalized spacial score (nSPS) is 11.4. The number of aryl methyl sites for hydroxylation is 2. The van der Waals surface area contributed by atoms with Gasteiger partial charge < -0.3 is 5.32 Å². The highest BCUT2D eigenvalue weighted by Crippen LogP contribution is 2.20. The monoisotopic (exact) mass is 457 g/mol. The van der Waals surface area contributed by atoms with Crippen molar-refractivity contribution in [1.82, 2.24) is 24.5 Å². The Hall–Kier alpha value is -2.71. The van der Waals surface area contributed by atoms with Crippen molar-refractivity contribution in [2.24, 2.45) is 0 Å². The molecule has 0 atom stereocenters. The number of carbonyl (C=O) groups is 1. The summed E-state index contributed by atoms with van der Waals surface area (Å²) in [5.41, 5.74) is 1.77. The number of hydrogen-bond donors (Lipinski definition) is 1. The van der Waals surface area contributed by atoms with Crippen LogP contribution in [0.3, 0.4) is 0 Å². The van der Waals surface area contributed by atoms with Crippen LogP contribution in [0, 0.1) is 0 Å². The molecule has 1 N–H and O–H groups in total. The van der Waals surface area contributed by atoms with Crippen molar-refractivity contribution >= 4 is 44.8 Å². The van der Waals surface area contributed by atoms with E-state index in [2.05, 4.69) is 22.4 Å². The van der Waals surface area contributed by atoms with E-state index < -0.39 is 0 Å². The number of hydrogen-bond acceptors (Lipinski definition) is 5. The molecule has 0 aliphatic heterocycles. The largest absolute Gasteiger partial charge is 0.352 e. The van der Waals surface area contributed by atoms with E-state index in [0.717, 1.165) is 30.3 Å². The van der Waals surface area contributed by atoms with Crippen LogP contribution in [-0.2, 0) is 24.3 Å². The predicted molar refractivity (Wildman–Crippen MR) is 124 cm³/mol. The molecule has 1 amide bonds. The molecule has 0 aliphatic rings. The van der Waals surface area contributed by atoms with Crippen LogP contribution in [-0.4, -0.2) is 25.1 Å². The summed E-state index contributed by atoms with van der Waals surface area (Å²) in [6, 6.07) is 9.30. The molecule has 0 bridgehead atoms. The van der Waals surface area contributed by atoms with E-state index in [1.807, 2.05) is 28.0 Å². The minimum absolute atomic E-state index is 0.0201. The molecule has 0 saturated heterocycles.